The van der Waals surface area contributed by atoms with Gasteiger partial charge in [-0.3, -0.25) is 4.79 Å². The third-order valence-corrected chi connectivity index (χ3v) is 3.63. The predicted molar refractivity (Wildman–Crippen MR) is 67.9 cm³/mol. The molecule has 1 saturated heterocycles. The molecule has 1 amide bonds. The summed E-state index contributed by atoms with van der Waals surface area (Å²) in [6, 6.07) is 0. The Balaban J connectivity index is 2.38. The van der Waals surface area contributed by atoms with Crippen LogP contribution in [0.4, 0.5) is 0 Å². The Kier molecular flexibility index (Phi) is 3.72. The highest BCUT2D eigenvalue weighted by atomic mass is 32.2. The van der Waals surface area contributed by atoms with Crippen LogP contribution in [0.3, 0.4) is 0 Å². The van der Waals surface area contributed by atoms with Gasteiger partial charge in [-0.2, -0.15) is 4.98 Å². The van der Waals surface area contributed by atoms with Gasteiger partial charge in [-0.05, 0) is 19.6 Å². The number of nitrogens with zero attached hydrogens (tertiary/aromatic N) is 2. The summed E-state index contributed by atoms with van der Waals surface area (Å²) in [5.74, 6) is -0.183. The van der Waals surface area contributed by atoms with Gasteiger partial charge >= 0.3 is 5.69 Å². The van der Waals surface area contributed by atoms with Crippen molar-refractivity contribution in [1.29, 1.82) is 0 Å². The zero-order valence-corrected chi connectivity index (χ0v) is 11.1. The van der Waals surface area contributed by atoms with Crippen LogP contribution < -0.4 is 5.69 Å². The fourth-order valence-electron chi connectivity index (χ4n) is 2.04. The van der Waals surface area contributed by atoms with Gasteiger partial charge in [0.05, 0.1) is 11.7 Å². The molecule has 0 aliphatic carbocycles. The molecule has 2 N–H and O–H groups in total. The Hall–Kier alpha value is -1.34. The summed E-state index contributed by atoms with van der Waals surface area (Å²) in [4.78, 5) is 31.6. The number of rotatable bonds is 2. The van der Waals surface area contributed by atoms with Crippen molar-refractivity contribution < 1.29 is 9.90 Å². The van der Waals surface area contributed by atoms with E-state index < -0.39 is 11.8 Å². The minimum absolute atomic E-state index is 0.183. The van der Waals surface area contributed by atoms with Crippen LogP contribution in [0.15, 0.2) is 9.82 Å². The monoisotopic (exact) mass is 269 g/mol. The molecule has 7 heteroatoms. The summed E-state index contributed by atoms with van der Waals surface area (Å²) >= 11 is 1.27. The van der Waals surface area contributed by atoms with Gasteiger partial charge in [-0.15, -0.1) is 11.8 Å². The molecule has 0 spiro atoms. The van der Waals surface area contributed by atoms with E-state index in [1.807, 2.05) is 0 Å². The molecule has 1 atom stereocenters. The molecule has 1 aliphatic heterocycles. The number of aromatic amines is 1. The van der Waals surface area contributed by atoms with Gasteiger partial charge in [-0.1, -0.05) is 0 Å². The molecule has 1 aliphatic rings. The van der Waals surface area contributed by atoms with Crippen molar-refractivity contribution in [2.75, 3.05) is 19.3 Å². The zero-order valence-electron chi connectivity index (χ0n) is 10.3. The van der Waals surface area contributed by atoms with E-state index in [9.17, 15) is 14.7 Å². The molecule has 0 aromatic carbocycles. The van der Waals surface area contributed by atoms with Gasteiger partial charge in [0.2, 0.25) is 0 Å². The summed E-state index contributed by atoms with van der Waals surface area (Å²) in [5.41, 5.74) is 0.497. The Labute approximate surface area is 108 Å². The van der Waals surface area contributed by atoms with E-state index in [0.717, 1.165) is 0 Å². The van der Waals surface area contributed by atoms with Crippen molar-refractivity contribution in [3.8, 4) is 0 Å². The van der Waals surface area contributed by atoms with Crippen LogP contribution >= 0.6 is 11.8 Å². The second-order valence-electron chi connectivity index (χ2n) is 4.24. The second-order valence-corrected chi connectivity index (χ2v) is 5.04. The average molecular weight is 269 g/mol. The fourth-order valence-corrected chi connectivity index (χ4v) is 2.66. The van der Waals surface area contributed by atoms with Crippen molar-refractivity contribution in [1.82, 2.24) is 14.9 Å². The van der Waals surface area contributed by atoms with Crippen LogP contribution in [-0.2, 0) is 0 Å². The molecule has 18 heavy (non-hydrogen) atoms. The Bertz CT molecular complexity index is 529. The molecule has 2 heterocycles. The first kappa shape index (κ1) is 13.1. The number of β-amino-alcohol motifs (C(OH)–C–C–N with tert-alkyl or cyclic N) is 1. The number of aryl methyl sites for hydroxylation is 1. The SMILES string of the molecule is CSc1nc(=O)[nH]c(C)c1C(=O)N1CC[C@H](O)C1. The highest BCUT2D eigenvalue weighted by Gasteiger charge is 2.28. The van der Waals surface area contributed by atoms with Crippen molar-refractivity contribution in [3.63, 3.8) is 0 Å². The Morgan fingerprint density at radius 1 is 1.61 bits per heavy atom. The van der Waals surface area contributed by atoms with Gasteiger partial charge in [0.25, 0.3) is 5.91 Å². The van der Waals surface area contributed by atoms with Crippen molar-refractivity contribution >= 4 is 17.7 Å². The Morgan fingerprint density at radius 2 is 2.33 bits per heavy atom. The number of aliphatic hydroxyl groups excluding tert-OH is 1. The van der Waals surface area contributed by atoms with Gasteiger partial charge in [0, 0.05) is 18.8 Å². The molecule has 0 bridgehead atoms. The van der Waals surface area contributed by atoms with Gasteiger partial charge in [-0.25, -0.2) is 4.79 Å². The van der Waals surface area contributed by atoms with Gasteiger partial charge in [0.1, 0.15) is 5.03 Å². The van der Waals surface area contributed by atoms with Crippen LogP contribution in [0.5, 0.6) is 0 Å². The minimum Gasteiger partial charge on any atom is -0.391 e. The number of aliphatic hydroxyl groups is 1. The summed E-state index contributed by atoms with van der Waals surface area (Å²) in [6.07, 6.45) is 1.91. The highest BCUT2D eigenvalue weighted by molar-refractivity contribution is 7.98. The first-order valence-electron chi connectivity index (χ1n) is 5.65. The lowest BCUT2D eigenvalue weighted by molar-refractivity contribution is 0.0759. The number of likely N-dealkylation sites (tertiary alicyclic amines) is 1. The van der Waals surface area contributed by atoms with Crippen molar-refractivity contribution in [3.05, 3.63) is 21.7 Å². The number of carbonyl (C=O) groups is 1. The fraction of sp³-hybridized carbons (Fsp3) is 0.545. The lowest BCUT2D eigenvalue weighted by Crippen LogP contribution is -2.32. The van der Waals surface area contributed by atoms with E-state index in [0.29, 0.717) is 35.8 Å². The maximum absolute atomic E-state index is 12.3. The number of thioether (sulfide) groups is 1. The maximum atomic E-state index is 12.3. The number of aromatic nitrogens is 2. The van der Waals surface area contributed by atoms with Crippen molar-refractivity contribution in [2.24, 2.45) is 0 Å². The van der Waals surface area contributed by atoms with Crippen LogP contribution in [0.1, 0.15) is 22.5 Å². The van der Waals surface area contributed by atoms with E-state index in [2.05, 4.69) is 9.97 Å². The predicted octanol–water partition coefficient (Wildman–Crippen LogP) is 0.00702. The second kappa shape index (κ2) is 5.11. The van der Waals surface area contributed by atoms with Crippen LogP contribution in [0.25, 0.3) is 0 Å². The maximum Gasteiger partial charge on any atom is 0.346 e. The Morgan fingerprint density at radius 3 is 2.89 bits per heavy atom. The van der Waals surface area contributed by atoms with Crippen LogP contribution in [-0.4, -0.2) is 51.3 Å². The quantitative estimate of drug-likeness (QED) is 0.583. The number of hydrogen-bond donors (Lipinski definition) is 2. The molecule has 98 valence electrons. The van der Waals surface area contributed by atoms with Gasteiger partial charge < -0.3 is 15.0 Å². The molecule has 0 saturated carbocycles. The first-order valence-corrected chi connectivity index (χ1v) is 6.87. The standard InChI is InChI=1S/C11H15N3O3S/c1-6-8(9(18-2)13-11(17)12-6)10(16)14-4-3-7(15)5-14/h7,15H,3-5H2,1-2H3,(H,12,13,17)/t7-/m0/s1. The lowest BCUT2D eigenvalue weighted by Gasteiger charge is -2.17. The van der Waals surface area contributed by atoms with Crippen LogP contribution in [0, 0.1) is 6.92 Å². The number of carbonyl (C=O) groups excluding carboxylic acids is 1. The highest BCUT2D eigenvalue weighted by Crippen LogP contribution is 2.22. The minimum atomic E-state index is -0.456. The van der Waals surface area contributed by atoms with Crippen LogP contribution in [0.2, 0.25) is 0 Å². The topological polar surface area (TPSA) is 86.3 Å². The molecule has 0 radical (unpaired) electrons. The summed E-state index contributed by atoms with van der Waals surface area (Å²) in [5, 5.41) is 9.90. The number of nitrogens with one attached hydrogen (secondary N) is 1. The van der Waals surface area contributed by atoms with E-state index in [1.165, 1.54) is 11.8 Å². The third kappa shape index (κ3) is 2.41. The van der Waals surface area contributed by atoms with E-state index >= 15 is 0 Å². The lowest BCUT2D eigenvalue weighted by atomic mass is 10.2. The smallest absolute Gasteiger partial charge is 0.346 e. The molecule has 6 nitrogen and oxygen atoms in total. The summed E-state index contributed by atoms with van der Waals surface area (Å²) in [6.45, 7) is 2.56. The summed E-state index contributed by atoms with van der Waals surface area (Å²) < 4.78 is 0. The third-order valence-electron chi connectivity index (χ3n) is 2.94. The molecule has 1 fully saturated rings. The largest absolute Gasteiger partial charge is 0.391 e. The number of H-pyrrole nitrogens is 1. The molecular weight excluding hydrogens is 254 g/mol. The summed E-state index contributed by atoms with van der Waals surface area (Å²) in [7, 11) is 0. The molecule has 2 rings (SSSR count). The zero-order chi connectivity index (χ0) is 13.3. The molecule has 1 aromatic heterocycles. The molecular formula is C11H15N3O3S. The number of amides is 1. The average Bonchev–Trinajstić information content (AvgIpc) is 2.74. The first-order chi connectivity index (χ1) is 8.52. The van der Waals surface area contributed by atoms with Crippen molar-refractivity contribution in [2.45, 2.75) is 24.5 Å². The van der Waals surface area contributed by atoms with E-state index in [4.69, 9.17) is 0 Å². The normalized spacial score (nSPS) is 19.3. The van der Waals surface area contributed by atoms with Gasteiger partial charge in [0.15, 0.2) is 0 Å². The molecule has 1 aromatic rings. The van der Waals surface area contributed by atoms with E-state index in [-0.39, 0.29) is 5.91 Å². The molecule has 0 unspecified atom stereocenters. The number of hydrogen-bond acceptors (Lipinski definition) is 5. The van der Waals surface area contributed by atoms with E-state index in [1.54, 1.807) is 18.1 Å².